The molecule has 0 spiro atoms. The number of aromatic nitrogens is 1. The second-order valence-corrected chi connectivity index (χ2v) is 20.2. The highest BCUT2D eigenvalue weighted by atomic mass is 32.2. The fraction of sp³-hybridized carbons (Fsp3) is 0.333. The molecule has 0 bridgehead atoms. The number of allylic oxidation sites excluding steroid dienone is 6. The van der Waals surface area contributed by atoms with Gasteiger partial charge in [-0.15, -0.1) is 4.73 Å². The van der Waals surface area contributed by atoms with E-state index in [0.717, 1.165) is 40.6 Å². The van der Waals surface area contributed by atoms with Crippen LogP contribution in [0.4, 0.5) is 11.4 Å². The Hall–Kier alpha value is -5.98. The predicted molar refractivity (Wildman–Crippen MR) is 248 cm³/mol. The standard InChI is InChI=1S/C48H53N3O12S2/c1-32-31-47(2,3)50(24-25-60-5)40-30-42-37(29-36(32)40)34(27-41(62-42)33-13-8-7-9-14-33)15-10-16-43-48(4,22-11-17-46(54)63-51-44(52)20-21-45(51)53)38-28-35(65(57,58)59)18-19-39(38)49(43)23-12-26-64(55,56)61-6/h7-10,13-16,18-21,27-31H,11-12,17,22-26H2,1-6H3,(H2-,52,53,57,58,59)/p+1. The molecule has 3 N–H and O–H groups in total. The average molecular weight is 929 g/mol. The highest BCUT2D eigenvalue weighted by Crippen LogP contribution is 2.48. The minimum Gasteiger partial charge on any atom is -0.492 e. The van der Waals surface area contributed by atoms with Gasteiger partial charge in [0.2, 0.25) is 17.4 Å². The van der Waals surface area contributed by atoms with E-state index in [0.29, 0.717) is 46.4 Å². The van der Waals surface area contributed by atoms with Gasteiger partial charge >= 0.3 is 5.97 Å². The number of nitrogens with zero attached hydrogens (tertiary/aromatic N) is 3. The summed E-state index contributed by atoms with van der Waals surface area (Å²) in [7, 11) is -5.68. The molecule has 0 fully saturated rings. The first-order chi connectivity index (χ1) is 30.8. The molecule has 0 saturated heterocycles. The smallest absolute Gasteiger partial charge is 0.333 e. The van der Waals surface area contributed by atoms with E-state index in [1.807, 2.05) is 66.1 Å². The minimum atomic E-state index is -4.64. The van der Waals surface area contributed by atoms with E-state index in [2.05, 4.69) is 43.9 Å². The molecule has 3 aliphatic heterocycles. The summed E-state index contributed by atoms with van der Waals surface area (Å²) in [5.74, 6) is -0.673. The lowest BCUT2D eigenvalue weighted by atomic mass is 9.75. The molecule has 17 heteroatoms. The minimum absolute atomic E-state index is 0.143. The van der Waals surface area contributed by atoms with Crippen LogP contribution in [0.1, 0.15) is 75.6 Å². The van der Waals surface area contributed by atoms with E-state index in [1.54, 1.807) is 13.2 Å². The summed E-state index contributed by atoms with van der Waals surface area (Å²) in [4.78, 5) is 20.2. The number of aromatic hydroxyl groups is 2. The molecule has 4 heterocycles. The Balaban J connectivity index is 1.34. The van der Waals surface area contributed by atoms with E-state index >= 15 is 0 Å². The molecule has 3 aliphatic rings. The Labute approximate surface area is 379 Å². The summed E-state index contributed by atoms with van der Waals surface area (Å²) in [5, 5.41) is 20.0. The van der Waals surface area contributed by atoms with Crippen LogP contribution in [0.3, 0.4) is 0 Å². The number of carbonyl (C=O) groups excluding carboxylic acids is 1. The van der Waals surface area contributed by atoms with Crippen molar-refractivity contribution in [3.8, 4) is 17.5 Å². The van der Waals surface area contributed by atoms with Crippen LogP contribution in [-0.4, -0.2) is 97.8 Å². The highest BCUT2D eigenvalue weighted by Gasteiger charge is 2.48. The summed E-state index contributed by atoms with van der Waals surface area (Å²) < 4.78 is 79.5. The molecule has 7 rings (SSSR count). The molecule has 1 atom stereocenters. The Morgan fingerprint density at radius 3 is 2.32 bits per heavy atom. The zero-order valence-electron chi connectivity index (χ0n) is 37.1. The van der Waals surface area contributed by atoms with E-state index in [4.69, 9.17) is 18.5 Å². The van der Waals surface area contributed by atoms with Crippen LogP contribution in [0.25, 0.3) is 16.9 Å². The van der Waals surface area contributed by atoms with Crippen molar-refractivity contribution in [2.75, 3.05) is 44.6 Å². The van der Waals surface area contributed by atoms with Crippen molar-refractivity contribution < 1.29 is 59.5 Å². The number of carbonyl (C=O) groups is 1. The summed E-state index contributed by atoms with van der Waals surface area (Å²) in [6.07, 6.45) is 10.4. The van der Waals surface area contributed by atoms with Crippen molar-refractivity contribution in [3.05, 3.63) is 125 Å². The molecule has 0 aliphatic carbocycles. The third-order valence-electron chi connectivity index (χ3n) is 12.1. The van der Waals surface area contributed by atoms with Crippen LogP contribution in [0.15, 0.2) is 108 Å². The largest absolute Gasteiger partial charge is 0.492 e. The Morgan fingerprint density at radius 2 is 1.65 bits per heavy atom. The average Bonchev–Trinajstić information content (AvgIpc) is 3.69. The molecular weight excluding hydrogens is 875 g/mol. The molecule has 15 nitrogen and oxygen atoms in total. The van der Waals surface area contributed by atoms with Crippen molar-refractivity contribution >= 4 is 60.2 Å². The first kappa shape index (κ1) is 47.0. The molecule has 1 unspecified atom stereocenters. The lowest BCUT2D eigenvalue weighted by Crippen LogP contribution is -2.46. The summed E-state index contributed by atoms with van der Waals surface area (Å²) in [6, 6.07) is 20.6. The number of benzene rings is 3. The molecule has 4 aromatic rings. The second kappa shape index (κ2) is 18.5. The number of ether oxygens (including phenoxy) is 2. The molecule has 3 aromatic carbocycles. The first-order valence-electron chi connectivity index (χ1n) is 21.1. The highest BCUT2D eigenvalue weighted by molar-refractivity contribution is 7.86. The summed E-state index contributed by atoms with van der Waals surface area (Å²) in [6.45, 7) is 9.71. The van der Waals surface area contributed by atoms with Gasteiger partial charge in [0.05, 0.1) is 35.3 Å². The zero-order valence-corrected chi connectivity index (χ0v) is 38.8. The Kier molecular flexibility index (Phi) is 13.4. The lowest BCUT2D eigenvalue weighted by Gasteiger charge is -2.43. The van der Waals surface area contributed by atoms with Gasteiger partial charge < -0.3 is 29.4 Å². The third-order valence-corrected chi connectivity index (χ3v) is 14.2. The number of rotatable bonds is 17. The van der Waals surface area contributed by atoms with E-state index in [9.17, 15) is 36.4 Å². The maximum Gasteiger partial charge on any atom is 0.333 e. The van der Waals surface area contributed by atoms with Crippen LogP contribution in [-0.2, 0) is 39.4 Å². The van der Waals surface area contributed by atoms with Gasteiger partial charge in [-0.2, -0.15) is 21.4 Å². The van der Waals surface area contributed by atoms with Gasteiger partial charge in [-0.05, 0) is 76.0 Å². The quantitative estimate of drug-likeness (QED) is 0.0539. The van der Waals surface area contributed by atoms with Gasteiger partial charge in [-0.3, -0.25) is 8.74 Å². The van der Waals surface area contributed by atoms with Crippen molar-refractivity contribution in [2.24, 2.45) is 0 Å². The Morgan fingerprint density at radius 1 is 0.923 bits per heavy atom. The van der Waals surface area contributed by atoms with Gasteiger partial charge in [0, 0.05) is 84.8 Å². The number of fused-ring (bicyclic) bond motifs is 3. The molecule has 344 valence electrons. The van der Waals surface area contributed by atoms with E-state index in [-0.39, 0.29) is 48.4 Å². The SMILES string of the molecule is COCCN1c2cc3c(cc2C(C)=CC1(C)C)C(=CC=CC1=[N+](CCCS(=O)(=O)OC)c2ccc(S(=O)(=O)O)cc2C1(C)CCCC(=O)On1c(O)ccc1O)C=C(c1ccccc1)O3. The molecular formula is C48H54N3O12S2+. The van der Waals surface area contributed by atoms with Crippen LogP contribution < -0.4 is 14.5 Å². The van der Waals surface area contributed by atoms with Crippen LogP contribution >= 0.6 is 0 Å². The zero-order chi connectivity index (χ0) is 46.9. The van der Waals surface area contributed by atoms with Crippen molar-refractivity contribution in [2.45, 2.75) is 69.2 Å². The molecule has 1 aromatic heterocycles. The Bertz CT molecular complexity index is 2870. The fourth-order valence-electron chi connectivity index (χ4n) is 8.91. The van der Waals surface area contributed by atoms with Gasteiger partial charge in [-0.25, -0.2) is 4.79 Å². The molecule has 65 heavy (non-hydrogen) atoms. The third kappa shape index (κ3) is 9.84. The van der Waals surface area contributed by atoms with Crippen LogP contribution in [0, 0.1) is 0 Å². The van der Waals surface area contributed by atoms with E-state index in [1.165, 1.54) is 24.3 Å². The van der Waals surface area contributed by atoms with E-state index < -0.39 is 43.4 Å². The van der Waals surface area contributed by atoms with Crippen molar-refractivity contribution in [1.82, 2.24) is 4.73 Å². The van der Waals surface area contributed by atoms with Gasteiger partial charge in [0.15, 0.2) is 5.71 Å². The predicted octanol–water partition coefficient (Wildman–Crippen LogP) is 7.42. The molecule has 0 radical (unpaired) electrons. The summed E-state index contributed by atoms with van der Waals surface area (Å²) >= 11 is 0. The van der Waals surface area contributed by atoms with Gasteiger partial charge in [-0.1, -0.05) is 48.6 Å². The van der Waals surface area contributed by atoms with Crippen LogP contribution in [0.5, 0.6) is 17.5 Å². The topological polar surface area (TPSA) is 194 Å². The second-order valence-electron chi connectivity index (χ2n) is 16.9. The van der Waals surface area contributed by atoms with Crippen molar-refractivity contribution in [3.63, 3.8) is 0 Å². The molecule has 0 amide bonds. The maximum absolute atomic E-state index is 13.0. The normalized spacial score (nSPS) is 18.6. The first-order valence-corrected chi connectivity index (χ1v) is 24.1. The number of hydrogen-bond donors (Lipinski definition) is 3. The number of hydrogen-bond acceptors (Lipinski definition) is 12. The fourth-order valence-corrected chi connectivity index (χ4v) is 10.1. The van der Waals surface area contributed by atoms with Gasteiger partial charge in [0.25, 0.3) is 20.2 Å². The van der Waals surface area contributed by atoms with Gasteiger partial charge in [0.1, 0.15) is 18.1 Å². The number of anilines is 1. The maximum atomic E-state index is 13.0. The molecule has 0 saturated carbocycles. The van der Waals surface area contributed by atoms with Crippen molar-refractivity contribution in [1.29, 1.82) is 0 Å². The monoisotopic (exact) mass is 928 g/mol. The van der Waals surface area contributed by atoms with Crippen LogP contribution in [0.2, 0.25) is 0 Å². The number of methoxy groups -OCH3 is 1. The summed E-state index contributed by atoms with van der Waals surface area (Å²) in [5.41, 5.74) is 6.23. The lowest BCUT2D eigenvalue weighted by molar-refractivity contribution is -0.437.